The maximum absolute atomic E-state index is 14.6. The Balaban J connectivity index is 1.69. The van der Waals surface area contributed by atoms with Crippen molar-refractivity contribution in [2.75, 3.05) is 16.4 Å². The molecule has 0 atom stereocenters. The topological polar surface area (TPSA) is 122 Å². The van der Waals surface area contributed by atoms with Crippen LogP contribution in [0.25, 0.3) is 22.6 Å². The van der Waals surface area contributed by atoms with Gasteiger partial charge in [0.05, 0.1) is 17.1 Å². The van der Waals surface area contributed by atoms with Crippen LogP contribution in [-0.4, -0.2) is 26.0 Å². The van der Waals surface area contributed by atoms with Crippen molar-refractivity contribution >= 4 is 23.4 Å². The second-order valence-electron chi connectivity index (χ2n) is 8.80. The van der Waals surface area contributed by atoms with Crippen LogP contribution in [0.5, 0.6) is 0 Å². The summed E-state index contributed by atoms with van der Waals surface area (Å²) in [6, 6.07) is 7.72. The van der Waals surface area contributed by atoms with Crippen LogP contribution in [0.3, 0.4) is 0 Å². The highest BCUT2D eigenvalue weighted by Gasteiger charge is 2.24. The van der Waals surface area contributed by atoms with Gasteiger partial charge in [-0.15, -0.1) is 0 Å². The van der Waals surface area contributed by atoms with Gasteiger partial charge in [0, 0.05) is 34.6 Å². The minimum absolute atomic E-state index is 0.0313. The first-order valence-electron chi connectivity index (χ1n) is 10.5. The fraction of sp³-hybridized carbons (Fsp3) is 0.167. The lowest BCUT2D eigenvalue weighted by atomic mass is 9.96. The number of imidazole rings is 1. The number of aromatic nitrogens is 4. The van der Waals surface area contributed by atoms with E-state index in [1.807, 2.05) is 20.8 Å². The third-order valence-corrected chi connectivity index (χ3v) is 4.95. The van der Waals surface area contributed by atoms with Crippen molar-refractivity contribution in [2.24, 2.45) is 0 Å². The van der Waals surface area contributed by atoms with Crippen molar-refractivity contribution < 1.29 is 18.0 Å². The molecule has 2 aromatic heterocycles. The van der Waals surface area contributed by atoms with Crippen molar-refractivity contribution in [3.8, 4) is 22.6 Å². The number of hydrogen-bond acceptors (Lipinski definition) is 5. The van der Waals surface area contributed by atoms with Gasteiger partial charge in [-0.05, 0) is 36.4 Å². The molecule has 0 saturated carbocycles. The summed E-state index contributed by atoms with van der Waals surface area (Å²) in [4.78, 5) is 28.4. The summed E-state index contributed by atoms with van der Waals surface area (Å²) in [5, 5.41) is 4.86. The SMILES string of the molecule is CC(C)(C)c1nc(-c2cc(F)cc(NC(=O)Nc3ccc(F)c(F)c3)c2)c(-c2ccnc(N)n2)[nH]1. The number of nitrogens with one attached hydrogen (secondary N) is 3. The molecule has 11 heteroatoms. The van der Waals surface area contributed by atoms with Crippen LogP contribution in [0.2, 0.25) is 0 Å². The van der Waals surface area contributed by atoms with E-state index in [4.69, 9.17) is 5.73 Å². The zero-order valence-corrected chi connectivity index (χ0v) is 19.1. The van der Waals surface area contributed by atoms with Crippen molar-refractivity contribution in [1.82, 2.24) is 19.9 Å². The number of H-pyrrole nitrogens is 1. The number of nitrogens with two attached hydrogens (primary N) is 1. The Morgan fingerprint density at radius 3 is 2.37 bits per heavy atom. The molecule has 2 aromatic carbocycles. The predicted octanol–water partition coefficient (Wildman–Crippen LogP) is 5.47. The van der Waals surface area contributed by atoms with E-state index in [9.17, 15) is 18.0 Å². The Hall–Kier alpha value is -4.41. The minimum Gasteiger partial charge on any atom is -0.368 e. The Morgan fingerprint density at radius 1 is 0.943 bits per heavy atom. The third kappa shape index (κ3) is 5.40. The van der Waals surface area contributed by atoms with Crippen molar-refractivity contribution in [1.29, 1.82) is 0 Å². The number of nitrogen functional groups attached to an aromatic ring is 1. The van der Waals surface area contributed by atoms with Gasteiger partial charge in [-0.25, -0.2) is 32.9 Å². The molecule has 0 fully saturated rings. The van der Waals surface area contributed by atoms with Crippen molar-refractivity contribution in [2.45, 2.75) is 26.2 Å². The zero-order chi connectivity index (χ0) is 25.3. The molecule has 0 radical (unpaired) electrons. The zero-order valence-electron chi connectivity index (χ0n) is 19.1. The highest BCUT2D eigenvalue weighted by Crippen LogP contribution is 2.34. The molecule has 180 valence electrons. The number of anilines is 3. The predicted molar refractivity (Wildman–Crippen MR) is 127 cm³/mol. The number of hydrogen-bond donors (Lipinski definition) is 4. The molecular weight excluding hydrogens is 459 g/mol. The summed E-state index contributed by atoms with van der Waals surface area (Å²) < 4.78 is 41.1. The molecule has 0 bridgehead atoms. The first kappa shape index (κ1) is 23.7. The number of nitrogens with zero attached hydrogens (tertiary/aromatic N) is 3. The lowest BCUT2D eigenvalue weighted by Gasteiger charge is -2.14. The Labute approximate surface area is 198 Å². The minimum atomic E-state index is -1.11. The van der Waals surface area contributed by atoms with E-state index in [-0.39, 0.29) is 22.7 Å². The number of urea groups is 1. The van der Waals surface area contributed by atoms with E-state index in [0.29, 0.717) is 28.5 Å². The normalized spacial score (nSPS) is 11.4. The van der Waals surface area contributed by atoms with Gasteiger partial charge in [0.1, 0.15) is 11.6 Å². The molecule has 2 amide bonds. The monoisotopic (exact) mass is 481 g/mol. The quantitative estimate of drug-likeness (QED) is 0.308. The number of carbonyl (C=O) groups excluding carboxylic acids is 1. The number of benzene rings is 2. The average molecular weight is 481 g/mol. The number of aromatic amines is 1. The highest BCUT2D eigenvalue weighted by molar-refractivity contribution is 6.00. The van der Waals surface area contributed by atoms with Gasteiger partial charge in [-0.1, -0.05) is 20.8 Å². The second-order valence-corrected chi connectivity index (χ2v) is 8.80. The van der Waals surface area contributed by atoms with Gasteiger partial charge in [0.2, 0.25) is 5.95 Å². The lowest BCUT2D eigenvalue weighted by molar-refractivity contribution is 0.262. The summed E-state index contributed by atoms with van der Waals surface area (Å²) >= 11 is 0. The smallest absolute Gasteiger partial charge is 0.323 e. The Bertz CT molecular complexity index is 1410. The van der Waals surface area contributed by atoms with Gasteiger partial charge in [0.15, 0.2) is 11.6 Å². The molecule has 4 aromatic rings. The van der Waals surface area contributed by atoms with Crippen LogP contribution in [-0.2, 0) is 5.41 Å². The van der Waals surface area contributed by atoms with E-state index in [1.54, 1.807) is 6.07 Å². The molecule has 2 heterocycles. The first-order valence-corrected chi connectivity index (χ1v) is 10.5. The van der Waals surface area contributed by atoms with Crippen LogP contribution < -0.4 is 16.4 Å². The fourth-order valence-electron chi connectivity index (χ4n) is 3.30. The van der Waals surface area contributed by atoms with Crippen LogP contribution in [0.15, 0.2) is 48.7 Å². The molecule has 5 N–H and O–H groups in total. The highest BCUT2D eigenvalue weighted by atomic mass is 19.2. The van der Waals surface area contributed by atoms with E-state index < -0.39 is 23.5 Å². The maximum atomic E-state index is 14.6. The molecule has 35 heavy (non-hydrogen) atoms. The van der Waals surface area contributed by atoms with E-state index in [2.05, 4.69) is 30.6 Å². The molecule has 0 aliphatic rings. The Kier molecular flexibility index (Phi) is 6.16. The third-order valence-electron chi connectivity index (χ3n) is 4.95. The second kappa shape index (κ2) is 9.09. The number of rotatable bonds is 4. The number of halogens is 3. The molecule has 0 aliphatic carbocycles. The molecular formula is C24H22F3N7O. The number of carbonyl (C=O) groups is 1. The molecule has 8 nitrogen and oxygen atoms in total. The fourth-order valence-corrected chi connectivity index (χ4v) is 3.30. The van der Waals surface area contributed by atoms with Gasteiger partial charge in [-0.3, -0.25) is 0 Å². The summed E-state index contributed by atoms with van der Waals surface area (Å²) in [6.07, 6.45) is 1.50. The summed E-state index contributed by atoms with van der Waals surface area (Å²) in [5.74, 6) is -2.08. The van der Waals surface area contributed by atoms with Crippen molar-refractivity contribution in [3.05, 3.63) is 71.9 Å². The number of amides is 2. The Morgan fingerprint density at radius 2 is 1.69 bits per heavy atom. The van der Waals surface area contributed by atoms with Gasteiger partial charge < -0.3 is 21.4 Å². The van der Waals surface area contributed by atoms with Gasteiger partial charge in [-0.2, -0.15) is 0 Å². The van der Waals surface area contributed by atoms with Crippen LogP contribution >= 0.6 is 0 Å². The molecule has 0 aliphatic heterocycles. The maximum Gasteiger partial charge on any atom is 0.323 e. The summed E-state index contributed by atoms with van der Waals surface area (Å²) in [5.41, 5.74) is 7.28. The van der Waals surface area contributed by atoms with Gasteiger partial charge >= 0.3 is 6.03 Å². The first-order chi connectivity index (χ1) is 16.5. The summed E-state index contributed by atoms with van der Waals surface area (Å²) in [6.45, 7) is 5.90. The largest absolute Gasteiger partial charge is 0.368 e. The van der Waals surface area contributed by atoms with E-state index >= 15 is 0 Å². The van der Waals surface area contributed by atoms with Crippen molar-refractivity contribution in [3.63, 3.8) is 0 Å². The molecule has 0 spiro atoms. The molecule has 0 saturated heterocycles. The average Bonchev–Trinajstić information content (AvgIpc) is 3.22. The lowest BCUT2D eigenvalue weighted by Crippen LogP contribution is -2.19. The molecule has 0 unspecified atom stereocenters. The van der Waals surface area contributed by atoms with E-state index in [0.717, 1.165) is 18.2 Å². The van der Waals surface area contributed by atoms with Gasteiger partial charge in [0.25, 0.3) is 0 Å². The summed E-state index contributed by atoms with van der Waals surface area (Å²) in [7, 11) is 0. The molecule has 4 rings (SSSR count). The van der Waals surface area contributed by atoms with E-state index in [1.165, 1.54) is 24.4 Å². The van der Waals surface area contributed by atoms with Crippen LogP contribution in [0.1, 0.15) is 26.6 Å². The van der Waals surface area contributed by atoms with Crippen LogP contribution in [0, 0.1) is 17.5 Å². The van der Waals surface area contributed by atoms with Crippen LogP contribution in [0.4, 0.5) is 35.3 Å². The standard InChI is InChI=1S/C24H22F3N7O/c1-24(2,3)21-33-19(20(34-21)18-6-7-29-22(28)32-18)12-8-13(25)10-15(9-12)31-23(35)30-14-4-5-16(26)17(27)11-14/h4-11H,1-3H3,(H,33,34)(H2,28,29,32)(H2,30,31,35).